The Kier molecular flexibility index (Phi) is 4.76. The van der Waals surface area contributed by atoms with E-state index in [0.29, 0.717) is 18.0 Å². The molecule has 6 heteroatoms. The highest BCUT2D eigenvalue weighted by atomic mass is 16.5. The molecule has 0 aliphatic carbocycles. The van der Waals surface area contributed by atoms with Crippen LogP contribution >= 0.6 is 0 Å². The van der Waals surface area contributed by atoms with Crippen molar-refractivity contribution >= 4 is 11.7 Å². The number of benzene rings is 1. The van der Waals surface area contributed by atoms with Crippen molar-refractivity contribution in [1.29, 1.82) is 0 Å². The Morgan fingerprint density at radius 1 is 1.21 bits per heavy atom. The van der Waals surface area contributed by atoms with Crippen LogP contribution < -0.4 is 15.4 Å². The Balaban J connectivity index is 1.57. The second kappa shape index (κ2) is 7.32. The molecule has 0 fully saturated rings. The molecule has 2 amide bonds. The molecule has 24 heavy (non-hydrogen) atoms. The van der Waals surface area contributed by atoms with Crippen molar-refractivity contribution in [2.45, 2.75) is 6.54 Å². The lowest BCUT2D eigenvalue weighted by Crippen LogP contribution is -2.28. The number of nitrogens with zero attached hydrogens (tertiary/aromatic N) is 1. The Morgan fingerprint density at radius 2 is 2.04 bits per heavy atom. The van der Waals surface area contributed by atoms with Crippen LogP contribution in [-0.2, 0) is 6.54 Å². The van der Waals surface area contributed by atoms with Gasteiger partial charge in [0.2, 0.25) is 0 Å². The number of urea groups is 1. The first-order valence-electron chi connectivity index (χ1n) is 7.42. The fourth-order valence-corrected chi connectivity index (χ4v) is 2.18. The summed E-state index contributed by atoms with van der Waals surface area (Å²) in [6.07, 6.45) is 3.29. The van der Waals surface area contributed by atoms with Crippen LogP contribution in [0, 0.1) is 0 Å². The smallest absolute Gasteiger partial charge is 0.319 e. The number of ether oxygens (including phenoxy) is 1. The second-order valence-corrected chi connectivity index (χ2v) is 5.06. The third-order valence-electron chi connectivity index (χ3n) is 3.40. The number of aromatic nitrogens is 1. The SMILES string of the molecule is COc1ccc(NC(=O)NCc2ccnc(-c3ccco3)c2)cc1. The number of furan rings is 1. The molecule has 0 bridgehead atoms. The second-order valence-electron chi connectivity index (χ2n) is 5.06. The Bertz CT molecular complexity index is 799. The van der Waals surface area contributed by atoms with Gasteiger partial charge in [-0.2, -0.15) is 0 Å². The van der Waals surface area contributed by atoms with E-state index in [9.17, 15) is 4.79 Å². The van der Waals surface area contributed by atoms with Gasteiger partial charge in [0.1, 0.15) is 11.4 Å². The topological polar surface area (TPSA) is 76.4 Å². The number of amides is 2. The van der Waals surface area contributed by atoms with Gasteiger partial charge in [-0.3, -0.25) is 4.98 Å². The highest BCUT2D eigenvalue weighted by Gasteiger charge is 2.05. The summed E-state index contributed by atoms with van der Waals surface area (Å²) in [6, 6.07) is 14.2. The van der Waals surface area contributed by atoms with Gasteiger partial charge in [0.25, 0.3) is 0 Å². The Hall–Kier alpha value is -3.28. The molecule has 0 unspecified atom stereocenters. The minimum atomic E-state index is -0.281. The molecule has 3 aromatic rings. The zero-order valence-electron chi connectivity index (χ0n) is 13.2. The molecule has 0 radical (unpaired) electrons. The highest BCUT2D eigenvalue weighted by molar-refractivity contribution is 5.89. The number of nitrogens with one attached hydrogen (secondary N) is 2. The van der Waals surface area contributed by atoms with Gasteiger partial charge in [-0.25, -0.2) is 4.79 Å². The maximum absolute atomic E-state index is 12.0. The quantitative estimate of drug-likeness (QED) is 0.751. The first kappa shape index (κ1) is 15.6. The first-order valence-corrected chi connectivity index (χ1v) is 7.42. The molecular weight excluding hydrogens is 306 g/mol. The molecule has 122 valence electrons. The van der Waals surface area contributed by atoms with Crippen LogP contribution in [-0.4, -0.2) is 18.1 Å². The fraction of sp³-hybridized carbons (Fsp3) is 0.111. The van der Waals surface area contributed by atoms with Crippen LogP contribution in [0.2, 0.25) is 0 Å². The highest BCUT2D eigenvalue weighted by Crippen LogP contribution is 2.18. The van der Waals surface area contributed by atoms with E-state index in [2.05, 4.69) is 15.6 Å². The maximum atomic E-state index is 12.0. The van der Waals surface area contributed by atoms with E-state index in [1.54, 1.807) is 43.8 Å². The number of carbonyl (C=O) groups is 1. The summed E-state index contributed by atoms with van der Waals surface area (Å²) in [5.41, 5.74) is 2.36. The molecule has 0 aliphatic rings. The van der Waals surface area contributed by atoms with Gasteiger partial charge in [-0.05, 0) is 54.1 Å². The van der Waals surface area contributed by atoms with Crippen molar-refractivity contribution in [2.75, 3.05) is 12.4 Å². The molecule has 0 spiro atoms. The predicted octanol–water partition coefficient (Wildman–Crippen LogP) is 3.67. The van der Waals surface area contributed by atoms with Gasteiger partial charge < -0.3 is 19.8 Å². The number of methoxy groups -OCH3 is 1. The maximum Gasteiger partial charge on any atom is 0.319 e. The lowest BCUT2D eigenvalue weighted by Gasteiger charge is -2.09. The summed E-state index contributed by atoms with van der Waals surface area (Å²) >= 11 is 0. The third kappa shape index (κ3) is 3.92. The van der Waals surface area contributed by atoms with Crippen molar-refractivity contribution < 1.29 is 13.9 Å². The summed E-state index contributed by atoms with van der Waals surface area (Å²) in [5.74, 6) is 1.43. The molecule has 2 heterocycles. The van der Waals surface area contributed by atoms with Crippen LogP contribution in [0.3, 0.4) is 0 Å². The largest absolute Gasteiger partial charge is 0.497 e. The standard InChI is InChI=1S/C18H17N3O3/c1-23-15-6-4-14(5-7-15)21-18(22)20-12-13-8-9-19-16(11-13)17-3-2-10-24-17/h2-11H,12H2,1H3,(H2,20,21,22). The van der Waals surface area contributed by atoms with Crippen molar-refractivity contribution in [3.63, 3.8) is 0 Å². The van der Waals surface area contributed by atoms with Gasteiger partial charge >= 0.3 is 6.03 Å². The molecule has 6 nitrogen and oxygen atoms in total. The fourth-order valence-electron chi connectivity index (χ4n) is 2.18. The number of carbonyl (C=O) groups excluding carboxylic acids is 1. The summed E-state index contributed by atoms with van der Waals surface area (Å²) in [5, 5.41) is 5.57. The molecule has 2 aromatic heterocycles. The van der Waals surface area contributed by atoms with E-state index in [1.807, 2.05) is 24.3 Å². The summed E-state index contributed by atoms with van der Waals surface area (Å²) in [7, 11) is 1.60. The summed E-state index contributed by atoms with van der Waals surface area (Å²) in [4.78, 5) is 16.2. The van der Waals surface area contributed by atoms with Crippen molar-refractivity contribution in [2.24, 2.45) is 0 Å². The molecule has 0 saturated heterocycles. The van der Waals surface area contributed by atoms with Crippen LogP contribution in [0.4, 0.5) is 10.5 Å². The molecule has 3 rings (SSSR count). The monoisotopic (exact) mass is 323 g/mol. The number of anilines is 1. The molecule has 0 saturated carbocycles. The predicted molar refractivity (Wildman–Crippen MR) is 90.8 cm³/mol. The average molecular weight is 323 g/mol. The van der Waals surface area contributed by atoms with E-state index in [0.717, 1.165) is 17.0 Å². The first-order chi connectivity index (χ1) is 11.7. The van der Waals surface area contributed by atoms with Gasteiger partial charge in [0.15, 0.2) is 5.76 Å². The third-order valence-corrected chi connectivity index (χ3v) is 3.40. The summed E-state index contributed by atoms with van der Waals surface area (Å²) in [6.45, 7) is 0.387. The van der Waals surface area contributed by atoms with E-state index < -0.39 is 0 Å². The number of hydrogen-bond acceptors (Lipinski definition) is 4. The Morgan fingerprint density at radius 3 is 2.75 bits per heavy atom. The lowest BCUT2D eigenvalue weighted by molar-refractivity contribution is 0.251. The van der Waals surface area contributed by atoms with Crippen LogP contribution in [0.15, 0.2) is 65.4 Å². The van der Waals surface area contributed by atoms with E-state index in [-0.39, 0.29) is 6.03 Å². The van der Waals surface area contributed by atoms with Crippen molar-refractivity contribution in [1.82, 2.24) is 10.3 Å². The average Bonchev–Trinajstić information content (AvgIpc) is 3.16. The van der Waals surface area contributed by atoms with Crippen molar-refractivity contribution in [3.8, 4) is 17.2 Å². The van der Waals surface area contributed by atoms with Gasteiger partial charge in [0, 0.05) is 18.4 Å². The molecule has 0 aliphatic heterocycles. The number of hydrogen-bond donors (Lipinski definition) is 2. The van der Waals surface area contributed by atoms with E-state index >= 15 is 0 Å². The van der Waals surface area contributed by atoms with Crippen LogP contribution in [0.25, 0.3) is 11.5 Å². The summed E-state index contributed by atoms with van der Waals surface area (Å²) < 4.78 is 10.4. The lowest BCUT2D eigenvalue weighted by atomic mass is 10.2. The van der Waals surface area contributed by atoms with Crippen molar-refractivity contribution in [3.05, 3.63) is 66.6 Å². The van der Waals surface area contributed by atoms with E-state index in [1.165, 1.54) is 0 Å². The van der Waals surface area contributed by atoms with Gasteiger partial charge in [-0.1, -0.05) is 0 Å². The minimum absolute atomic E-state index is 0.281. The molecular formula is C18H17N3O3. The zero-order chi connectivity index (χ0) is 16.8. The number of rotatable bonds is 5. The number of pyridine rings is 1. The molecule has 0 atom stereocenters. The zero-order valence-corrected chi connectivity index (χ0v) is 13.2. The molecule has 2 N–H and O–H groups in total. The van der Waals surface area contributed by atoms with Gasteiger partial charge in [-0.15, -0.1) is 0 Å². The van der Waals surface area contributed by atoms with Crippen LogP contribution in [0.5, 0.6) is 5.75 Å². The van der Waals surface area contributed by atoms with E-state index in [4.69, 9.17) is 9.15 Å². The van der Waals surface area contributed by atoms with Gasteiger partial charge in [0.05, 0.1) is 13.4 Å². The van der Waals surface area contributed by atoms with Crippen LogP contribution in [0.1, 0.15) is 5.56 Å². The normalized spacial score (nSPS) is 10.2. The Labute approximate surface area is 139 Å². The molecule has 1 aromatic carbocycles. The minimum Gasteiger partial charge on any atom is -0.497 e.